The number of piperidine rings is 1. The van der Waals surface area contributed by atoms with Crippen molar-refractivity contribution in [3.05, 3.63) is 0 Å². The predicted octanol–water partition coefficient (Wildman–Crippen LogP) is 1.48. The molecule has 0 aromatic heterocycles. The minimum atomic E-state index is -0.981. The van der Waals surface area contributed by atoms with Gasteiger partial charge >= 0.3 is 12.0 Å². The fourth-order valence-electron chi connectivity index (χ4n) is 3.52. The third kappa shape index (κ3) is 4.85. The summed E-state index contributed by atoms with van der Waals surface area (Å²) in [6.07, 6.45) is 3.37. The highest BCUT2D eigenvalue weighted by atomic mass is 16.4. The van der Waals surface area contributed by atoms with Crippen molar-refractivity contribution in [1.82, 2.24) is 14.7 Å². The van der Waals surface area contributed by atoms with E-state index in [-0.39, 0.29) is 30.3 Å². The Balaban J connectivity index is 1.88. The summed E-state index contributed by atoms with van der Waals surface area (Å²) in [7, 11) is 0. The van der Waals surface area contributed by atoms with Gasteiger partial charge in [0.2, 0.25) is 5.91 Å². The van der Waals surface area contributed by atoms with Crippen molar-refractivity contribution in [2.75, 3.05) is 39.3 Å². The van der Waals surface area contributed by atoms with Crippen LogP contribution >= 0.6 is 0 Å². The molecule has 2 saturated heterocycles. The molecule has 0 aliphatic carbocycles. The number of hydrogen-bond acceptors (Lipinski definition) is 3. The molecule has 0 bridgehead atoms. The molecule has 2 aliphatic rings. The van der Waals surface area contributed by atoms with E-state index in [1.165, 1.54) is 4.90 Å². The number of aliphatic carboxylic acids is 1. The van der Waals surface area contributed by atoms with Gasteiger partial charge in [0.05, 0.1) is 0 Å². The first-order chi connectivity index (χ1) is 11.4. The molecule has 0 unspecified atom stereocenters. The summed E-state index contributed by atoms with van der Waals surface area (Å²) in [6, 6.07) is 0.0861. The van der Waals surface area contributed by atoms with E-state index in [4.69, 9.17) is 5.11 Å². The maximum Gasteiger partial charge on any atom is 0.323 e. The highest BCUT2D eigenvalue weighted by Gasteiger charge is 2.33. The number of carbonyl (C=O) groups is 3. The van der Waals surface area contributed by atoms with Crippen molar-refractivity contribution < 1.29 is 19.5 Å². The first kappa shape index (κ1) is 18.5. The SMILES string of the molecule is CC(C)CN(CC(=O)O)C(=O)C1CCN(C(=O)N2CCCC2)CC1. The van der Waals surface area contributed by atoms with Gasteiger partial charge in [-0.3, -0.25) is 9.59 Å². The van der Waals surface area contributed by atoms with Crippen LogP contribution in [0.1, 0.15) is 39.5 Å². The first-order valence-electron chi connectivity index (χ1n) is 8.93. The molecular formula is C17H29N3O4. The van der Waals surface area contributed by atoms with E-state index < -0.39 is 5.97 Å². The summed E-state index contributed by atoms with van der Waals surface area (Å²) < 4.78 is 0. The van der Waals surface area contributed by atoms with Gasteiger partial charge in [-0.1, -0.05) is 13.8 Å². The van der Waals surface area contributed by atoms with Crippen molar-refractivity contribution in [3.8, 4) is 0 Å². The van der Waals surface area contributed by atoms with Crippen LogP contribution in [0.2, 0.25) is 0 Å². The number of rotatable bonds is 5. The van der Waals surface area contributed by atoms with Crippen LogP contribution in [-0.4, -0.2) is 77.0 Å². The molecule has 2 aliphatic heterocycles. The zero-order chi connectivity index (χ0) is 17.7. The van der Waals surface area contributed by atoms with E-state index in [9.17, 15) is 14.4 Å². The van der Waals surface area contributed by atoms with E-state index in [0.717, 1.165) is 25.9 Å². The van der Waals surface area contributed by atoms with Crippen molar-refractivity contribution in [3.63, 3.8) is 0 Å². The zero-order valence-corrected chi connectivity index (χ0v) is 14.7. The molecule has 1 N–H and O–H groups in total. The molecule has 2 fully saturated rings. The molecule has 7 heteroatoms. The first-order valence-corrected chi connectivity index (χ1v) is 8.93. The second-order valence-corrected chi connectivity index (χ2v) is 7.24. The van der Waals surface area contributed by atoms with E-state index in [2.05, 4.69) is 0 Å². The third-order valence-electron chi connectivity index (χ3n) is 4.71. The molecule has 3 amide bonds. The summed E-state index contributed by atoms with van der Waals surface area (Å²) in [5.41, 5.74) is 0. The Bertz CT molecular complexity index is 466. The van der Waals surface area contributed by atoms with Crippen LogP contribution < -0.4 is 0 Å². The van der Waals surface area contributed by atoms with Gasteiger partial charge < -0.3 is 19.8 Å². The highest BCUT2D eigenvalue weighted by molar-refractivity contribution is 5.83. The van der Waals surface area contributed by atoms with Crippen LogP contribution in [0.4, 0.5) is 4.79 Å². The number of urea groups is 1. The summed E-state index contributed by atoms with van der Waals surface area (Å²) in [5, 5.41) is 9.03. The largest absolute Gasteiger partial charge is 0.480 e. The molecule has 24 heavy (non-hydrogen) atoms. The van der Waals surface area contributed by atoms with E-state index in [1.54, 1.807) is 0 Å². The fourth-order valence-corrected chi connectivity index (χ4v) is 3.52. The molecule has 0 spiro atoms. The lowest BCUT2D eigenvalue weighted by Crippen LogP contribution is -2.49. The second-order valence-electron chi connectivity index (χ2n) is 7.24. The van der Waals surface area contributed by atoms with Crippen LogP contribution in [0.3, 0.4) is 0 Å². The lowest BCUT2D eigenvalue weighted by Gasteiger charge is -2.36. The average molecular weight is 339 g/mol. The third-order valence-corrected chi connectivity index (χ3v) is 4.71. The number of nitrogens with zero attached hydrogens (tertiary/aromatic N) is 3. The van der Waals surface area contributed by atoms with Gasteiger partial charge in [0, 0.05) is 38.6 Å². The lowest BCUT2D eigenvalue weighted by atomic mass is 9.95. The van der Waals surface area contributed by atoms with Gasteiger partial charge in [-0.2, -0.15) is 0 Å². The second kappa shape index (κ2) is 8.35. The molecule has 0 aromatic rings. The van der Waals surface area contributed by atoms with E-state index in [0.29, 0.717) is 32.5 Å². The molecule has 2 rings (SSSR count). The van der Waals surface area contributed by atoms with Gasteiger partial charge in [0.1, 0.15) is 6.54 Å². The van der Waals surface area contributed by atoms with Crippen LogP contribution in [-0.2, 0) is 9.59 Å². The normalized spacial score (nSPS) is 19.0. The Kier molecular flexibility index (Phi) is 6.45. The fraction of sp³-hybridized carbons (Fsp3) is 0.824. The summed E-state index contributed by atoms with van der Waals surface area (Å²) in [6.45, 7) is 6.97. The van der Waals surface area contributed by atoms with Gasteiger partial charge in [-0.25, -0.2) is 4.79 Å². The van der Waals surface area contributed by atoms with Crippen LogP contribution in [0, 0.1) is 11.8 Å². The monoisotopic (exact) mass is 339 g/mol. The number of amides is 3. The number of likely N-dealkylation sites (tertiary alicyclic amines) is 2. The van der Waals surface area contributed by atoms with Crippen LogP contribution in [0.25, 0.3) is 0 Å². The van der Waals surface area contributed by atoms with Crippen LogP contribution in [0.5, 0.6) is 0 Å². The molecule has 0 saturated carbocycles. The predicted molar refractivity (Wildman–Crippen MR) is 89.6 cm³/mol. The Morgan fingerprint density at radius 1 is 1.04 bits per heavy atom. The Morgan fingerprint density at radius 2 is 1.58 bits per heavy atom. The summed E-state index contributed by atoms with van der Waals surface area (Å²) in [4.78, 5) is 41.2. The van der Waals surface area contributed by atoms with Crippen molar-refractivity contribution in [2.24, 2.45) is 11.8 Å². The van der Waals surface area contributed by atoms with Crippen LogP contribution in [0.15, 0.2) is 0 Å². The van der Waals surface area contributed by atoms with E-state index in [1.807, 2.05) is 23.6 Å². The molecule has 0 atom stereocenters. The van der Waals surface area contributed by atoms with Gasteiger partial charge in [-0.15, -0.1) is 0 Å². The summed E-state index contributed by atoms with van der Waals surface area (Å²) >= 11 is 0. The van der Waals surface area contributed by atoms with Crippen molar-refractivity contribution >= 4 is 17.9 Å². The molecule has 7 nitrogen and oxygen atoms in total. The minimum absolute atomic E-state index is 0.0839. The number of hydrogen-bond donors (Lipinski definition) is 1. The number of carboxylic acid groups (broad SMARTS) is 1. The zero-order valence-electron chi connectivity index (χ0n) is 14.7. The standard InChI is InChI=1S/C17H29N3O4/c1-13(2)11-20(12-15(21)22)16(23)14-5-9-19(10-6-14)17(24)18-7-3-4-8-18/h13-14H,3-12H2,1-2H3,(H,21,22). The average Bonchev–Trinajstić information content (AvgIpc) is 3.06. The maximum absolute atomic E-state index is 12.7. The molecule has 136 valence electrons. The maximum atomic E-state index is 12.7. The van der Waals surface area contributed by atoms with Gasteiger partial charge in [-0.05, 0) is 31.6 Å². The Morgan fingerprint density at radius 3 is 2.08 bits per heavy atom. The molecule has 0 aromatic carbocycles. The Labute approximate surface area is 143 Å². The highest BCUT2D eigenvalue weighted by Crippen LogP contribution is 2.22. The van der Waals surface area contributed by atoms with Gasteiger partial charge in [0.15, 0.2) is 0 Å². The Hall–Kier alpha value is -1.79. The molecule has 2 heterocycles. The van der Waals surface area contributed by atoms with Crippen molar-refractivity contribution in [1.29, 1.82) is 0 Å². The smallest absolute Gasteiger partial charge is 0.323 e. The molecular weight excluding hydrogens is 310 g/mol. The van der Waals surface area contributed by atoms with E-state index >= 15 is 0 Å². The minimum Gasteiger partial charge on any atom is -0.480 e. The lowest BCUT2D eigenvalue weighted by molar-refractivity contribution is -0.147. The molecule has 0 radical (unpaired) electrons. The quantitative estimate of drug-likeness (QED) is 0.823. The van der Waals surface area contributed by atoms with Crippen molar-refractivity contribution in [2.45, 2.75) is 39.5 Å². The topological polar surface area (TPSA) is 81.2 Å². The number of carbonyl (C=O) groups excluding carboxylic acids is 2. The number of carboxylic acids is 1. The summed E-state index contributed by atoms with van der Waals surface area (Å²) in [5.74, 6) is -1.01. The van der Waals surface area contributed by atoms with Gasteiger partial charge in [0.25, 0.3) is 0 Å².